The third-order valence-corrected chi connectivity index (χ3v) is 5.01. The van der Waals surface area contributed by atoms with E-state index in [4.69, 9.17) is 9.73 Å². The Morgan fingerprint density at radius 2 is 2.08 bits per heavy atom. The zero-order chi connectivity index (χ0) is 17.6. The van der Waals surface area contributed by atoms with Gasteiger partial charge >= 0.3 is 0 Å². The Hall–Kier alpha value is -0.930. The van der Waals surface area contributed by atoms with Gasteiger partial charge in [0.05, 0.1) is 19.8 Å². The minimum Gasteiger partial charge on any atom is -0.379 e. The smallest absolute Gasteiger partial charge is 0.194 e. The number of ether oxygens (including phenoxy) is 1. The zero-order valence-electron chi connectivity index (χ0n) is 15.7. The van der Waals surface area contributed by atoms with Crippen molar-refractivity contribution in [3.63, 3.8) is 0 Å². The summed E-state index contributed by atoms with van der Waals surface area (Å²) in [7, 11) is 0. The van der Waals surface area contributed by atoms with Crippen LogP contribution in [-0.4, -0.2) is 67.7 Å². The summed E-state index contributed by atoms with van der Waals surface area (Å²) >= 11 is 0. The van der Waals surface area contributed by atoms with E-state index < -0.39 is 0 Å². The Morgan fingerprint density at radius 1 is 1.31 bits per heavy atom. The molecule has 1 aromatic rings. The number of aryl methyl sites for hydroxylation is 1. The molecule has 3 rings (SSSR count). The van der Waals surface area contributed by atoms with Crippen molar-refractivity contribution in [1.82, 2.24) is 15.1 Å². The summed E-state index contributed by atoms with van der Waals surface area (Å²) in [6, 6.07) is 5.93. The first-order chi connectivity index (χ1) is 12.2. The fraction of sp³-hybridized carbons (Fsp3) is 0.632. The van der Waals surface area contributed by atoms with Gasteiger partial charge in [-0.2, -0.15) is 0 Å². The minimum atomic E-state index is -0.161. The number of hydrogen-bond donors (Lipinski definition) is 1. The van der Waals surface area contributed by atoms with Crippen molar-refractivity contribution in [2.45, 2.75) is 32.9 Å². The summed E-state index contributed by atoms with van der Waals surface area (Å²) in [5, 5.41) is 3.38. The topological polar surface area (TPSA) is 40.1 Å². The van der Waals surface area contributed by atoms with Crippen molar-refractivity contribution in [3.8, 4) is 0 Å². The fourth-order valence-electron chi connectivity index (χ4n) is 3.50. The SMILES string of the molecule is CCNC(=NCc1ccc(C)c(F)c1)N1CCC(N2CCOCC2)C1.I. The second kappa shape index (κ2) is 10.4. The first-order valence-corrected chi connectivity index (χ1v) is 9.27. The quantitative estimate of drug-likeness (QED) is 0.412. The molecule has 1 aromatic carbocycles. The molecule has 2 fully saturated rings. The number of halogens is 2. The molecule has 5 nitrogen and oxygen atoms in total. The summed E-state index contributed by atoms with van der Waals surface area (Å²) in [5.74, 6) is 0.769. The van der Waals surface area contributed by atoms with Crippen molar-refractivity contribution in [3.05, 3.63) is 35.1 Å². The van der Waals surface area contributed by atoms with E-state index in [1.54, 1.807) is 13.0 Å². The van der Waals surface area contributed by atoms with Gasteiger partial charge < -0.3 is 15.0 Å². The number of morpholine rings is 1. The molecule has 0 amide bonds. The largest absolute Gasteiger partial charge is 0.379 e. The summed E-state index contributed by atoms with van der Waals surface area (Å²) in [5.41, 5.74) is 1.58. The first kappa shape index (κ1) is 21.4. The summed E-state index contributed by atoms with van der Waals surface area (Å²) in [4.78, 5) is 9.60. The molecule has 0 bridgehead atoms. The second-order valence-electron chi connectivity index (χ2n) is 6.79. The van der Waals surface area contributed by atoms with E-state index in [1.165, 1.54) is 0 Å². The lowest BCUT2D eigenvalue weighted by molar-refractivity contribution is 0.0195. The van der Waals surface area contributed by atoms with Gasteiger partial charge in [-0.3, -0.25) is 4.90 Å². The lowest BCUT2D eigenvalue weighted by Crippen LogP contribution is -2.46. The first-order valence-electron chi connectivity index (χ1n) is 9.27. The molecular formula is C19H30FIN4O. The number of rotatable bonds is 4. The lowest BCUT2D eigenvalue weighted by Gasteiger charge is -2.32. The van der Waals surface area contributed by atoms with E-state index >= 15 is 0 Å². The van der Waals surface area contributed by atoms with Crippen LogP contribution < -0.4 is 5.32 Å². The maximum absolute atomic E-state index is 13.7. The number of benzene rings is 1. The Balaban J connectivity index is 0.00000243. The van der Waals surface area contributed by atoms with Gasteiger partial charge in [-0.25, -0.2) is 9.38 Å². The normalized spacial score (nSPS) is 21.6. The molecule has 1 N–H and O–H groups in total. The highest BCUT2D eigenvalue weighted by Crippen LogP contribution is 2.17. The zero-order valence-corrected chi connectivity index (χ0v) is 18.0. The van der Waals surface area contributed by atoms with Gasteiger partial charge in [-0.05, 0) is 37.5 Å². The number of likely N-dealkylation sites (tertiary alicyclic amines) is 1. The van der Waals surface area contributed by atoms with Crippen molar-refractivity contribution < 1.29 is 9.13 Å². The van der Waals surface area contributed by atoms with Crippen LogP contribution in [-0.2, 0) is 11.3 Å². The fourth-order valence-corrected chi connectivity index (χ4v) is 3.50. The Bertz CT molecular complexity index is 607. The van der Waals surface area contributed by atoms with Crippen LogP contribution >= 0.6 is 24.0 Å². The van der Waals surface area contributed by atoms with Gasteiger partial charge in [0.15, 0.2) is 5.96 Å². The van der Waals surface area contributed by atoms with E-state index in [2.05, 4.69) is 22.0 Å². The minimum absolute atomic E-state index is 0. The van der Waals surface area contributed by atoms with Crippen LogP contribution in [0, 0.1) is 12.7 Å². The molecule has 7 heteroatoms. The van der Waals surface area contributed by atoms with Gasteiger partial charge in [-0.15, -0.1) is 24.0 Å². The van der Waals surface area contributed by atoms with Gasteiger partial charge in [0.25, 0.3) is 0 Å². The molecule has 0 saturated carbocycles. The van der Waals surface area contributed by atoms with Crippen molar-refractivity contribution >= 4 is 29.9 Å². The van der Waals surface area contributed by atoms with Crippen LogP contribution in [0.5, 0.6) is 0 Å². The van der Waals surface area contributed by atoms with Crippen LogP contribution in [0.4, 0.5) is 4.39 Å². The number of guanidine groups is 1. The van der Waals surface area contributed by atoms with Crippen molar-refractivity contribution in [2.75, 3.05) is 45.9 Å². The van der Waals surface area contributed by atoms with E-state index in [1.807, 2.05) is 12.1 Å². The average Bonchev–Trinajstić information content (AvgIpc) is 3.12. The predicted octanol–water partition coefficient (Wildman–Crippen LogP) is 2.62. The summed E-state index contributed by atoms with van der Waals surface area (Å²) in [6.45, 7) is 10.9. The lowest BCUT2D eigenvalue weighted by atomic mass is 10.1. The predicted molar refractivity (Wildman–Crippen MR) is 114 cm³/mol. The molecule has 0 aliphatic carbocycles. The molecule has 1 unspecified atom stereocenters. The molecule has 26 heavy (non-hydrogen) atoms. The molecule has 2 aliphatic rings. The molecule has 2 saturated heterocycles. The van der Waals surface area contributed by atoms with Crippen LogP contribution in [0.2, 0.25) is 0 Å². The third-order valence-electron chi connectivity index (χ3n) is 5.01. The van der Waals surface area contributed by atoms with Gasteiger partial charge in [0, 0.05) is 38.8 Å². The van der Waals surface area contributed by atoms with Crippen LogP contribution in [0.25, 0.3) is 0 Å². The van der Waals surface area contributed by atoms with E-state index in [0.29, 0.717) is 18.2 Å². The standard InChI is InChI=1S/C19H29FN4O.HI/c1-3-21-19(22-13-16-5-4-15(2)18(20)12-16)24-7-6-17(14-24)23-8-10-25-11-9-23;/h4-5,12,17H,3,6-11,13-14H2,1-2H3,(H,21,22);1H. The Morgan fingerprint density at radius 3 is 2.77 bits per heavy atom. The van der Waals surface area contributed by atoms with Crippen LogP contribution in [0.1, 0.15) is 24.5 Å². The number of aliphatic imine (C=N–C) groups is 1. The van der Waals surface area contributed by atoms with E-state index in [0.717, 1.165) is 63.9 Å². The highest BCUT2D eigenvalue weighted by molar-refractivity contribution is 14.0. The van der Waals surface area contributed by atoms with Gasteiger partial charge in [-0.1, -0.05) is 12.1 Å². The average molecular weight is 476 g/mol. The molecule has 1 atom stereocenters. The van der Waals surface area contributed by atoms with Crippen molar-refractivity contribution in [2.24, 2.45) is 4.99 Å². The molecule has 0 aromatic heterocycles. The molecule has 0 radical (unpaired) electrons. The van der Waals surface area contributed by atoms with E-state index in [9.17, 15) is 4.39 Å². The number of nitrogens with zero attached hydrogens (tertiary/aromatic N) is 3. The molecule has 2 aliphatic heterocycles. The van der Waals surface area contributed by atoms with Crippen LogP contribution in [0.3, 0.4) is 0 Å². The summed E-state index contributed by atoms with van der Waals surface area (Å²) < 4.78 is 19.2. The number of nitrogens with one attached hydrogen (secondary N) is 1. The molecule has 146 valence electrons. The highest BCUT2D eigenvalue weighted by atomic mass is 127. The molecule has 2 heterocycles. The van der Waals surface area contributed by atoms with Crippen LogP contribution in [0.15, 0.2) is 23.2 Å². The second-order valence-corrected chi connectivity index (χ2v) is 6.79. The maximum atomic E-state index is 13.7. The Labute approximate surface area is 173 Å². The van der Waals surface area contributed by atoms with Gasteiger partial charge in [0.2, 0.25) is 0 Å². The monoisotopic (exact) mass is 476 g/mol. The number of hydrogen-bond acceptors (Lipinski definition) is 3. The van der Waals surface area contributed by atoms with Crippen molar-refractivity contribution in [1.29, 1.82) is 0 Å². The maximum Gasteiger partial charge on any atom is 0.194 e. The molecule has 0 spiro atoms. The highest BCUT2D eigenvalue weighted by Gasteiger charge is 2.30. The van der Waals surface area contributed by atoms with E-state index in [-0.39, 0.29) is 29.8 Å². The summed E-state index contributed by atoms with van der Waals surface area (Å²) in [6.07, 6.45) is 1.16. The molecular weight excluding hydrogens is 446 g/mol. The Kier molecular flexibility index (Phi) is 8.56. The third kappa shape index (κ3) is 5.53. The van der Waals surface area contributed by atoms with Gasteiger partial charge in [0.1, 0.15) is 5.82 Å².